The summed E-state index contributed by atoms with van der Waals surface area (Å²) in [6.07, 6.45) is -2.01. The zero-order valence-electron chi connectivity index (χ0n) is 9.27. The predicted octanol–water partition coefficient (Wildman–Crippen LogP) is 0.448. The fourth-order valence-corrected chi connectivity index (χ4v) is 1.40. The van der Waals surface area contributed by atoms with Crippen LogP contribution in [0.1, 0.15) is 11.7 Å². The van der Waals surface area contributed by atoms with Crippen LogP contribution in [0.3, 0.4) is 0 Å². The summed E-state index contributed by atoms with van der Waals surface area (Å²) in [5.41, 5.74) is 0.418. The third kappa shape index (κ3) is 2.91. The van der Waals surface area contributed by atoms with E-state index in [2.05, 4.69) is 5.32 Å². The molecule has 0 fully saturated rings. The van der Waals surface area contributed by atoms with Crippen LogP contribution in [0, 0.1) is 5.82 Å². The van der Waals surface area contributed by atoms with Gasteiger partial charge in [0, 0.05) is 6.54 Å². The third-order valence-electron chi connectivity index (χ3n) is 2.29. The van der Waals surface area contributed by atoms with Crippen LogP contribution < -0.4 is 10.1 Å². The van der Waals surface area contributed by atoms with Crippen molar-refractivity contribution in [3.05, 3.63) is 29.6 Å². The monoisotopic (exact) mass is 229 g/mol. The zero-order valence-corrected chi connectivity index (χ0v) is 9.27. The highest BCUT2D eigenvalue weighted by molar-refractivity contribution is 5.31. The second-order valence-corrected chi connectivity index (χ2v) is 3.46. The van der Waals surface area contributed by atoms with Crippen molar-refractivity contribution >= 4 is 0 Å². The summed E-state index contributed by atoms with van der Waals surface area (Å²) in [6.45, 7) is 0.251. The van der Waals surface area contributed by atoms with E-state index in [1.165, 1.54) is 25.3 Å². The first-order valence-electron chi connectivity index (χ1n) is 4.94. The van der Waals surface area contributed by atoms with Gasteiger partial charge in [-0.1, -0.05) is 6.07 Å². The van der Waals surface area contributed by atoms with Crippen molar-refractivity contribution in [1.82, 2.24) is 5.32 Å². The molecule has 0 aromatic heterocycles. The number of aliphatic hydroxyl groups is 2. The van der Waals surface area contributed by atoms with Gasteiger partial charge in [-0.15, -0.1) is 0 Å². The van der Waals surface area contributed by atoms with Gasteiger partial charge in [-0.25, -0.2) is 4.39 Å². The van der Waals surface area contributed by atoms with E-state index in [0.717, 1.165) is 0 Å². The van der Waals surface area contributed by atoms with Crippen molar-refractivity contribution in [3.63, 3.8) is 0 Å². The Kier molecular flexibility index (Phi) is 4.67. The summed E-state index contributed by atoms with van der Waals surface area (Å²) in [6, 6.07) is 3.99. The number of rotatable bonds is 5. The topological polar surface area (TPSA) is 61.7 Å². The number of hydrogen-bond donors (Lipinski definition) is 3. The number of halogens is 1. The minimum atomic E-state index is -1.07. The van der Waals surface area contributed by atoms with Gasteiger partial charge in [0.05, 0.1) is 13.2 Å². The summed E-state index contributed by atoms with van der Waals surface area (Å²) in [5, 5.41) is 22.1. The fourth-order valence-electron chi connectivity index (χ4n) is 1.40. The molecular weight excluding hydrogens is 213 g/mol. The molecule has 3 N–H and O–H groups in total. The number of hydrogen-bond acceptors (Lipinski definition) is 4. The Morgan fingerprint density at radius 2 is 2.12 bits per heavy atom. The van der Waals surface area contributed by atoms with Crippen LogP contribution >= 0.6 is 0 Å². The van der Waals surface area contributed by atoms with Gasteiger partial charge in [0.25, 0.3) is 0 Å². The molecule has 0 aliphatic carbocycles. The highest BCUT2D eigenvalue weighted by atomic mass is 19.1. The lowest BCUT2D eigenvalue weighted by Gasteiger charge is -2.18. The molecule has 0 saturated carbocycles. The number of ether oxygens (including phenoxy) is 1. The first-order valence-corrected chi connectivity index (χ1v) is 4.94. The molecule has 0 amide bonds. The summed E-state index contributed by atoms with van der Waals surface area (Å²) in [5.74, 6) is -0.449. The molecule has 16 heavy (non-hydrogen) atoms. The Labute approximate surface area is 93.7 Å². The van der Waals surface area contributed by atoms with Crippen LogP contribution in [-0.4, -0.2) is 37.0 Å². The van der Waals surface area contributed by atoms with Crippen LogP contribution in [0.5, 0.6) is 5.75 Å². The van der Waals surface area contributed by atoms with Gasteiger partial charge in [-0.2, -0.15) is 0 Å². The van der Waals surface area contributed by atoms with Crippen molar-refractivity contribution in [2.24, 2.45) is 0 Å². The molecule has 90 valence electrons. The largest absolute Gasteiger partial charge is 0.494 e. The predicted molar refractivity (Wildman–Crippen MR) is 57.8 cm³/mol. The van der Waals surface area contributed by atoms with E-state index in [1.54, 1.807) is 7.05 Å². The average molecular weight is 229 g/mol. The quantitative estimate of drug-likeness (QED) is 0.686. The lowest BCUT2D eigenvalue weighted by atomic mass is 10.0. The molecule has 0 aliphatic rings. The maximum Gasteiger partial charge on any atom is 0.165 e. The number of nitrogens with one attached hydrogen (secondary N) is 1. The maximum absolute atomic E-state index is 13.1. The molecule has 5 heteroatoms. The Bertz CT molecular complexity index is 346. The highest BCUT2D eigenvalue weighted by Crippen LogP contribution is 2.24. The minimum absolute atomic E-state index is 0.0493. The number of benzene rings is 1. The summed E-state index contributed by atoms with van der Waals surface area (Å²) in [7, 11) is 3.01. The molecule has 1 rings (SSSR count). The maximum atomic E-state index is 13.1. The normalized spacial score (nSPS) is 14.6. The van der Waals surface area contributed by atoms with Crippen molar-refractivity contribution in [3.8, 4) is 5.75 Å². The Morgan fingerprint density at radius 1 is 1.44 bits per heavy atom. The second kappa shape index (κ2) is 5.79. The smallest absolute Gasteiger partial charge is 0.165 e. The van der Waals surface area contributed by atoms with Crippen molar-refractivity contribution < 1.29 is 19.3 Å². The molecule has 0 aliphatic heterocycles. The summed E-state index contributed by atoms with van der Waals surface area (Å²) in [4.78, 5) is 0. The standard InChI is InChI=1S/C11H16FNO3/c1-13-6-9(14)11(15)7-3-4-8(12)10(5-7)16-2/h3-5,9,11,13-15H,6H2,1-2H3. The summed E-state index contributed by atoms with van der Waals surface area (Å²) < 4.78 is 17.9. The second-order valence-electron chi connectivity index (χ2n) is 3.46. The Hall–Kier alpha value is -1.17. The van der Waals surface area contributed by atoms with Gasteiger partial charge in [-0.3, -0.25) is 0 Å². The minimum Gasteiger partial charge on any atom is -0.494 e. The number of likely N-dealkylation sites (N-methyl/N-ethyl adjacent to an activating group) is 1. The molecule has 1 aromatic rings. The van der Waals surface area contributed by atoms with Crippen LogP contribution in [-0.2, 0) is 0 Å². The van der Waals surface area contributed by atoms with E-state index in [0.29, 0.717) is 5.56 Å². The molecule has 1 aromatic carbocycles. The number of aliphatic hydroxyl groups excluding tert-OH is 2. The molecule has 4 nitrogen and oxygen atoms in total. The molecule has 2 atom stereocenters. The van der Waals surface area contributed by atoms with Crippen molar-refractivity contribution in [1.29, 1.82) is 0 Å². The number of methoxy groups -OCH3 is 1. The van der Waals surface area contributed by atoms with Crippen molar-refractivity contribution in [2.75, 3.05) is 20.7 Å². The van der Waals surface area contributed by atoms with Gasteiger partial charge in [0.1, 0.15) is 6.10 Å². The van der Waals surface area contributed by atoms with E-state index in [9.17, 15) is 14.6 Å². The molecule has 0 heterocycles. The van der Waals surface area contributed by atoms with Crippen LogP contribution in [0.4, 0.5) is 4.39 Å². The molecule has 2 unspecified atom stereocenters. The third-order valence-corrected chi connectivity index (χ3v) is 2.29. The van der Waals surface area contributed by atoms with E-state index < -0.39 is 18.0 Å². The lowest BCUT2D eigenvalue weighted by molar-refractivity contribution is 0.0201. The zero-order chi connectivity index (χ0) is 12.1. The van der Waals surface area contributed by atoms with E-state index in [1.807, 2.05) is 0 Å². The van der Waals surface area contributed by atoms with Gasteiger partial charge in [0.2, 0.25) is 0 Å². The van der Waals surface area contributed by atoms with Gasteiger partial charge in [-0.05, 0) is 24.7 Å². The first kappa shape index (κ1) is 12.9. The molecule has 0 radical (unpaired) electrons. The van der Waals surface area contributed by atoms with E-state index >= 15 is 0 Å². The van der Waals surface area contributed by atoms with Crippen LogP contribution in [0.2, 0.25) is 0 Å². The van der Waals surface area contributed by atoms with Crippen LogP contribution in [0.15, 0.2) is 18.2 Å². The van der Waals surface area contributed by atoms with Gasteiger partial charge >= 0.3 is 0 Å². The molecule has 0 bridgehead atoms. The lowest BCUT2D eigenvalue weighted by Crippen LogP contribution is -2.29. The van der Waals surface area contributed by atoms with E-state index in [4.69, 9.17) is 4.74 Å². The SMILES string of the molecule is CNCC(O)C(O)c1ccc(F)c(OC)c1. The average Bonchev–Trinajstić information content (AvgIpc) is 2.29. The Morgan fingerprint density at radius 3 is 2.69 bits per heavy atom. The molecule has 0 spiro atoms. The molecule has 0 saturated heterocycles. The van der Waals surface area contributed by atoms with Gasteiger partial charge in [0.15, 0.2) is 11.6 Å². The van der Waals surface area contributed by atoms with Crippen molar-refractivity contribution in [2.45, 2.75) is 12.2 Å². The molecular formula is C11H16FNO3. The summed E-state index contributed by atoms with van der Waals surface area (Å²) >= 11 is 0. The van der Waals surface area contributed by atoms with Gasteiger partial charge < -0.3 is 20.3 Å². The Balaban J connectivity index is 2.87. The van der Waals surface area contributed by atoms with Crippen LogP contribution in [0.25, 0.3) is 0 Å². The first-order chi connectivity index (χ1) is 7.60. The van der Waals surface area contributed by atoms with E-state index in [-0.39, 0.29) is 12.3 Å². The highest BCUT2D eigenvalue weighted by Gasteiger charge is 2.18. The fraction of sp³-hybridized carbons (Fsp3) is 0.455.